The molecule has 138 valence electrons. The number of hydrogen-bond donors (Lipinski definition) is 2. The van der Waals surface area contributed by atoms with Crippen LogP contribution in [0, 0.1) is 0 Å². The summed E-state index contributed by atoms with van der Waals surface area (Å²) in [6.45, 7) is 3.86. The maximum Gasteiger partial charge on any atom is 0.262 e. The van der Waals surface area contributed by atoms with Gasteiger partial charge in [-0.25, -0.2) is 0 Å². The highest BCUT2D eigenvalue weighted by Crippen LogP contribution is 2.17. The largest absolute Gasteiger partial charge is 0.497 e. The van der Waals surface area contributed by atoms with Gasteiger partial charge in [0.25, 0.3) is 11.8 Å². The van der Waals surface area contributed by atoms with Crippen molar-refractivity contribution in [1.29, 1.82) is 0 Å². The van der Waals surface area contributed by atoms with Gasteiger partial charge in [-0.1, -0.05) is 6.92 Å². The normalized spacial score (nSPS) is 11.3. The number of amides is 2. The highest BCUT2D eigenvalue weighted by atomic mass is 16.5. The summed E-state index contributed by atoms with van der Waals surface area (Å²) < 4.78 is 10.5. The first-order valence-electron chi connectivity index (χ1n) is 8.49. The smallest absolute Gasteiger partial charge is 0.262 e. The number of carbonyl (C=O) groups is 2. The molecule has 0 radical (unpaired) electrons. The fourth-order valence-corrected chi connectivity index (χ4v) is 2.13. The Labute approximate surface area is 153 Å². The molecule has 1 atom stereocenters. The molecule has 2 amide bonds. The molecule has 1 unspecified atom stereocenters. The number of methoxy groups -OCH3 is 1. The van der Waals surface area contributed by atoms with Crippen molar-refractivity contribution in [3.05, 3.63) is 54.1 Å². The molecule has 6 nitrogen and oxygen atoms in total. The van der Waals surface area contributed by atoms with Crippen molar-refractivity contribution < 1.29 is 19.1 Å². The maximum absolute atomic E-state index is 12.0. The van der Waals surface area contributed by atoms with E-state index in [9.17, 15) is 9.59 Å². The van der Waals surface area contributed by atoms with Gasteiger partial charge in [0.05, 0.1) is 7.11 Å². The van der Waals surface area contributed by atoms with Gasteiger partial charge in [-0.15, -0.1) is 0 Å². The molecule has 2 aromatic rings. The summed E-state index contributed by atoms with van der Waals surface area (Å²) in [7, 11) is 1.59. The van der Waals surface area contributed by atoms with Crippen molar-refractivity contribution in [3.63, 3.8) is 0 Å². The quantitative estimate of drug-likeness (QED) is 0.761. The molecule has 0 spiro atoms. The van der Waals surface area contributed by atoms with Crippen molar-refractivity contribution in [3.8, 4) is 11.5 Å². The molecule has 2 rings (SSSR count). The van der Waals surface area contributed by atoms with Crippen LogP contribution in [0.5, 0.6) is 11.5 Å². The number of carbonyl (C=O) groups excluding carboxylic acids is 2. The number of ether oxygens (including phenoxy) is 2. The highest BCUT2D eigenvalue weighted by molar-refractivity contribution is 5.96. The van der Waals surface area contributed by atoms with Crippen LogP contribution in [0.1, 0.15) is 30.6 Å². The molecule has 2 N–H and O–H groups in total. The second-order valence-electron chi connectivity index (χ2n) is 5.87. The van der Waals surface area contributed by atoms with Crippen molar-refractivity contribution in [2.45, 2.75) is 26.3 Å². The average Bonchev–Trinajstić information content (AvgIpc) is 2.67. The van der Waals surface area contributed by atoms with Gasteiger partial charge < -0.3 is 20.1 Å². The molecule has 0 aliphatic carbocycles. The van der Waals surface area contributed by atoms with Crippen LogP contribution in [0.2, 0.25) is 0 Å². The summed E-state index contributed by atoms with van der Waals surface area (Å²) in [5, 5.41) is 5.63. The number of nitrogens with one attached hydrogen (secondary N) is 2. The van der Waals surface area contributed by atoms with Gasteiger partial charge in [0.2, 0.25) is 0 Å². The molecule has 0 aliphatic rings. The average molecular weight is 356 g/mol. The number of hydrogen-bond acceptors (Lipinski definition) is 4. The van der Waals surface area contributed by atoms with Gasteiger partial charge in [0.1, 0.15) is 11.5 Å². The molecule has 0 fully saturated rings. The zero-order valence-corrected chi connectivity index (χ0v) is 15.2. The lowest BCUT2D eigenvalue weighted by molar-refractivity contribution is -0.118. The Balaban J connectivity index is 1.83. The topological polar surface area (TPSA) is 76.7 Å². The van der Waals surface area contributed by atoms with E-state index in [0.717, 1.165) is 12.2 Å². The van der Waals surface area contributed by atoms with Crippen LogP contribution < -0.4 is 20.1 Å². The zero-order chi connectivity index (χ0) is 18.9. The summed E-state index contributed by atoms with van der Waals surface area (Å²) >= 11 is 0. The summed E-state index contributed by atoms with van der Waals surface area (Å²) in [6.07, 6.45) is 0.869. The summed E-state index contributed by atoms with van der Waals surface area (Å²) in [5.74, 6) is 0.898. The van der Waals surface area contributed by atoms with Crippen molar-refractivity contribution >= 4 is 17.5 Å². The van der Waals surface area contributed by atoms with E-state index in [1.165, 1.54) is 0 Å². The Kier molecular flexibility index (Phi) is 7.02. The van der Waals surface area contributed by atoms with Crippen LogP contribution in [0.4, 0.5) is 5.69 Å². The Morgan fingerprint density at radius 1 is 1.00 bits per heavy atom. The van der Waals surface area contributed by atoms with E-state index in [4.69, 9.17) is 9.47 Å². The van der Waals surface area contributed by atoms with Gasteiger partial charge in [-0.05, 0) is 61.9 Å². The van der Waals surface area contributed by atoms with Crippen molar-refractivity contribution in [1.82, 2.24) is 5.32 Å². The van der Waals surface area contributed by atoms with Gasteiger partial charge in [-0.2, -0.15) is 0 Å². The molecule has 0 bridgehead atoms. The second-order valence-corrected chi connectivity index (χ2v) is 5.87. The summed E-state index contributed by atoms with van der Waals surface area (Å²) in [5.41, 5.74) is 1.16. The maximum atomic E-state index is 12.0. The van der Waals surface area contributed by atoms with Crippen molar-refractivity contribution in [2.24, 2.45) is 0 Å². The molecule has 0 saturated carbocycles. The Hall–Kier alpha value is -3.02. The van der Waals surface area contributed by atoms with Crippen molar-refractivity contribution in [2.75, 3.05) is 19.0 Å². The van der Waals surface area contributed by atoms with Crippen LogP contribution in [-0.4, -0.2) is 31.6 Å². The van der Waals surface area contributed by atoms with E-state index in [1.807, 2.05) is 13.8 Å². The zero-order valence-electron chi connectivity index (χ0n) is 15.2. The first-order valence-corrected chi connectivity index (χ1v) is 8.49. The number of anilines is 1. The van der Waals surface area contributed by atoms with Crippen LogP contribution in [0.15, 0.2) is 48.5 Å². The van der Waals surface area contributed by atoms with E-state index in [0.29, 0.717) is 17.0 Å². The molecular formula is C20H24N2O4. The molecule has 2 aromatic carbocycles. The lowest BCUT2D eigenvalue weighted by Crippen LogP contribution is -2.31. The van der Waals surface area contributed by atoms with E-state index < -0.39 is 0 Å². The summed E-state index contributed by atoms with van der Waals surface area (Å²) in [6, 6.07) is 13.8. The van der Waals surface area contributed by atoms with Crippen LogP contribution in [0.3, 0.4) is 0 Å². The predicted octanol–water partition coefficient (Wildman–Crippen LogP) is 3.24. The lowest BCUT2D eigenvalue weighted by atomic mass is 10.1. The molecule has 0 saturated heterocycles. The molecule has 0 aliphatic heterocycles. The number of benzene rings is 2. The Morgan fingerprint density at radius 2 is 1.62 bits per heavy atom. The Morgan fingerprint density at radius 3 is 2.19 bits per heavy atom. The standard InChI is InChI=1S/C20H24N2O4/c1-4-14(2)21-20(24)15-5-7-16(8-6-15)22-19(23)13-26-18-11-9-17(25-3)10-12-18/h5-12,14H,4,13H2,1-3H3,(H,21,24)(H,22,23). The molecule has 26 heavy (non-hydrogen) atoms. The third-order valence-electron chi connectivity index (χ3n) is 3.85. The minimum Gasteiger partial charge on any atom is -0.497 e. The van der Waals surface area contributed by atoms with Crippen LogP contribution in [-0.2, 0) is 4.79 Å². The SMILES string of the molecule is CCC(C)NC(=O)c1ccc(NC(=O)COc2ccc(OC)cc2)cc1. The molecular weight excluding hydrogens is 332 g/mol. The summed E-state index contributed by atoms with van der Waals surface area (Å²) in [4.78, 5) is 24.0. The Bertz CT molecular complexity index is 726. The second kappa shape index (κ2) is 9.46. The van der Waals surface area contributed by atoms with Crippen LogP contribution in [0.25, 0.3) is 0 Å². The van der Waals surface area contributed by atoms with E-state index >= 15 is 0 Å². The predicted molar refractivity (Wildman–Crippen MR) is 101 cm³/mol. The molecule has 0 heterocycles. The van der Waals surface area contributed by atoms with Gasteiger partial charge in [0, 0.05) is 17.3 Å². The fraction of sp³-hybridized carbons (Fsp3) is 0.300. The van der Waals surface area contributed by atoms with Gasteiger partial charge in [0.15, 0.2) is 6.61 Å². The van der Waals surface area contributed by atoms with E-state index in [-0.39, 0.29) is 24.5 Å². The minimum atomic E-state index is -0.280. The molecule has 0 aromatic heterocycles. The number of rotatable bonds is 8. The first-order chi connectivity index (χ1) is 12.5. The van der Waals surface area contributed by atoms with E-state index in [2.05, 4.69) is 10.6 Å². The minimum absolute atomic E-state index is 0.109. The fourth-order valence-electron chi connectivity index (χ4n) is 2.13. The third kappa shape index (κ3) is 5.81. The monoisotopic (exact) mass is 356 g/mol. The highest BCUT2D eigenvalue weighted by Gasteiger charge is 2.09. The third-order valence-corrected chi connectivity index (χ3v) is 3.85. The lowest BCUT2D eigenvalue weighted by Gasteiger charge is -2.12. The van der Waals surface area contributed by atoms with Crippen LogP contribution >= 0.6 is 0 Å². The van der Waals surface area contributed by atoms with E-state index in [1.54, 1.807) is 55.6 Å². The first kappa shape index (κ1) is 19.3. The van der Waals surface area contributed by atoms with Gasteiger partial charge >= 0.3 is 0 Å². The van der Waals surface area contributed by atoms with Gasteiger partial charge in [-0.3, -0.25) is 9.59 Å². The molecule has 6 heteroatoms.